The number of nitrogens with zero attached hydrogens (tertiary/aromatic N) is 1. The Morgan fingerprint density at radius 3 is 2.32 bits per heavy atom. The van der Waals surface area contributed by atoms with Crippen LogP contribution in [0.15, 0.2) is 48.5 Å². The van der Waals surface area contributed by atoms with E-state index in [1.54, 1.807) is 17.0 Å². The maximum absolute atomic E-state index is 14.6. The van der Waals surface area contributed by atoms with E-state index in [9.17, 15) is 19.5 Å². The van der Waals surface area contributed by atoms with E-state index >= 15 is 0 Å². The molecular weight excluding hydrogens is 673 g/mol. The highest BCUT2D eigenvalue weighted by molar-refractivity contribution is 6.30. The molecule has 2 aromatic rings. The molecular formula is C40H53Cl2N3O5. The Bertz CT molecular complexity index is 1480. The minimum atomic E-state index is -0.775. The van der Waals surface area contributed by atoms with Gasteiger partial charge in [-0.2, -0.15) is 0 Å². The van der Waals surface area contributed by atoms with Crippen LogP contribution in [0, 0.1) is 17.8 Å². The lowest BCUT2D eigenvalue weighted by atomic mass is 9.83. The zero-order chi connectivity index (χ0) is 35.1. The summed E-state index contributed by atoms with van der Waals surface area (Å²) in [6.07, 6.45) is 14.1. The van der Waals surface area contributed by atoms with Crippen LogP contribution in [0.1, 0.15) is 107 Å². The van der Waals surface area contributed by atoms with Crippen molar-refractivity contribution in [2.45, 2.75) is 133 Å². The highest BCUT2D eigenvalue weighted by Gasteiger charge is 2.47. The summed E-state index contributed by atoms with van der Waals surface area (Å²) in [5.41, 5.74) is 1.74. The number of carbonyl (C=O) groups excluding carboxylic acids is 3. The molecule has 3 amide bonds. The van der Waals surface area contributed by atoms with E-state index in [2.05, 4.69) is 16.7 Å². The summed E-state index contributed by atoms with van der Waals surface area (Å²) in [6.45, 7) is -0.240. The first-order valence-corrected chi connectivity index (χ1v) is 19.6. The van der Waals surface area contributed by atoms with Crippen LogP contribution in [-0.2, 0) is 27.4 Å². The fraction of sp³-hybridized carbons (Fsp3) is 0.625. The largest absolute Gasteiger partial charge is 0.445 e. The standard InChI is InChI=1S/C40H53Cl2N3O5/c41-32-14-6-11-28(20-32)19-30-13-8-16-35(30)45(39(49)50-26-29-12-7-15-33(42)21-29)36(22-27-9-2-1-3-10-27)38(48)43-34(25-46)23-31-24-40(44-37(31)47)17-4-5-18-40/h6-7,11-12,14-15,20-21,27,30-31,34-36,46H,1-5,8-10,13,16-19,22-26H2,(H,43,48)(H,44,47)/t30?,31?,34?,35?,36-/m0/s1. The molecule has 10 heteroatoms. The Balaban J connectivity index is 1.26. The van der Waals surface area contributed by atoms with Crippen LogP contribution in [0.4, 0.5) is 4.79 Å². The lowest BCUT2D eigenvalue weighted by Crippen LogP contribution is -2.57. The van der Waals surface area contributed by atoms with Gasteiger partial charge in [0, 0.05) is 27.5 Å². The topological polar surface area (TPSA) is 108 Å². The van der Waals surface area contributed by atoms with Crippen LogP contribution in [-0.4, -0.2) is 58.2 Å². The van der Waals surface area contributed by atoms with Gasteiger partial charge in [0.1, 0.15) is 12.6 Å². The normalized spacial score (nSPS) is 24.5. The van der Waals surface area contributed by atoms with Gasteiger partial charge in [-0.3, -0.25) is 14.5 Å². The van der Waals surface area contributed by atoms with Gasteiger partial charge in [0.25, 0.3) is 0 Å². The molecule has 5 atom stereocenters. The van der Waals surface area contributed by atoms with Gasteiger partial charge in [-0.1, -0.05) is 98.8 Å². The number of hydrogen-bond acceptors (Lipinski definition) is 5. The summed E-state index contributed by atoms with van der Waals surface area (Å²) >= 11 is 12.6. The molecule has 8 nitrogen and oxygen atoms in total. The molecule has 1 aliphatic heterocycles. The number of rotatable bonds is 13. The molecule has 1 saturated heterocycles. The predicted octanol–water partition coefficient (Wildman–Crippen LogP) is 8.00. The molecule has 4 unspecified atom stereocenters. The smallest absolute Gasteiger partial charge is 0.411 e. The van der Waals surface area contributed by atoms with E-state index in [4.69, 9.17) is 27.9 Å². The first-order valence-electron chi connectivity index (χ1n) is 18.9. The van der Waals surface area contributed by atoms with E-state index < -0.39 is 18.2 Å². The molecule has 3 saturated carbocycles. The molecule has 6 rings (SSSR count). The van der Waals surface area contributed by atoms with Crippen molar-refractivity contribution in [2.75, 3.05) is 6.61 Å². The number of nitrogens with one attached hydrogen (secondary N) is 2. The zero-order valence-electron chi connectivity index (χ0n) is 29.1. The van der Waals surface area contributed by atoms with E-state index in [0.29, 0.717) is 28.8 Å². The Hall–Kier alpha value is -2.81. The second-order valence-corrected chi connectivity index (χ2v) is 16.3. The van der Waals surface area contributed by atoms with Crippen LogP contribution < -0.4 is 10.6 Å². The van der Waals surface area contributed by atoms with Crippen molar-refractivity contribution in [1.29, 1.82) is 0 Å². The van der Waals surface area contributed by atoms with Crippen LogP contribution in [0.5, 0.6) is 0 Å². The summed E-state index contributed by atoms with van der Waals surface area (Å²) in [7, 11) is 0. The minimum Gasteiger partial charge on any atom is -0.445 e. The minimum absolute atomic E-state index is 0.0133. The molecule has 2 aromatic carbocycles. The molecule has 272 valence electrons. The monoisotopic (exact) mass is 725 g/mol. The number of aliphatic hydroxyl groups is 1. The summed E-state index contributed by atoms with van der Waals surface area (Å²) < 4.78 is 6.03. The highest BCUT2D eigenvalue weighted by atomic mass is 35.5. The van der Waals surface area contributed by atoms with Crippen molar-refractivity contribution >= 4 is 41.1 Å². The van der Waals surface area contributed by atoms with Crippen molar-refractivity contribution in [3.8, 4) is 0 Å². The number of aliphatic hydroxyl groups excluding tert-OH is 1. The third kappa shape index (κ3) is 9.34. The fourth-order valence-corrected chi connectivity index (χ4v) is 9.81. The van der Waals surface area contributed by atoms with E-state index in [1.165, 1.54) is 6.42 Å². The maximum atomic E-state index is 14.6. The van der Waals surface area contributed by atoms with Crippen LogP contribution in [0.2, 0.25) is 10.0 Å². The van der Waals surface area contributed by atoms with Gasteiger partial charge in [-0.05, 0) is 98.6 Å². The molecule has 50 heavy (non-hydrogen) atoms. The molecule has 1 heterocycles. The SMILES string of the molecule is O=C1NC2(CCCC2)CC1CC(CO)NC(=O)[C@H](CC1CCCCC1)N(C(=O)OCc1cccc(Cl)c1)C1CCCC1Cc1cccc(Cl)c1. The Kier molecular flexibility index (Phi) is 12.7. The number of amides is 3. The van der Waals surface area contributed by atoms with Gasteiger partial charge < -0.3 is 20.5 Å². The van der Waals surface area contributed by atoms with Crippen molar-refractivity contribution in [2.24, 2.45) is 17.8 Å². The van der Waals surface area contributed by atoms with Gasteiger partial charge >= 0.3 is 6.09 Å². The second-order valence-electron chi connectivity index (χ2n) is 15.4. The second kappa shape index (κ2) is 17.1. The molecule has 4 fully saturated rings. The summed E-state index contributed by atoms with van der Waals surface area (Å²) in [5, 5.41) is 18.2. The van der Waals surface area contributed by atoms with E-state index in [0.717, 1.165) is 94.6 Å². The third-order valence-corrected chi connectivity index (χ3v) is 12.3. The number of halogens is 2. The number of carbonyl (C=O) groups is 3. The Morgan fingerprint density at radius 2 is 1.62 bits per heavy atom. The van der Waals surface area contributed by atoms with E-state index in [1.807, 2.05) is 30.3 Å². The van der Waals surface area contributed by atoms with Gasteiger partial charge in [-0.25, -0.2) is 4.79 Å². The van der Waals surface area contributed by atoms with Gasteiger partial charge in [0.15, 0.2) is 0 Å². The maximum Gasteiger partial charge on any atom is 0.411 e. The number of ether oxygens (including phenoxy) is 1. The average molecular weight is 727 g/mol. The van der Waals surface area contributed by atoms with Crippen molar-refractivity contribution in [3.63, 3.8) is 0 Å². The highest BCUT2D eigenvalue weighted by Crippen LogP contribution is 2.41. The summed E-state index contributed by atoms with van der Waals surface area (Å²) in [5.74, 6) is -0.118. The molecule has 0 bridgehead atoms. The summed E-state index contributed by atoms with van der Waals surface area (Å²) in [4.78, 5) is 43.8. The lowest BCUT2D eigenvalue weighted by Gasteiger charge is -2.40. The lowest BCUT2D eigenvalue weighted by molar-refractivity contribution is -0.130. The van der Waals surface area contributed by atoms with Crippen LogP contribution >= 0.6 is 23.2 Å². The molecule has 3 aliphatic carbocycles. The van der Waals surface area contributed by atoms with Crippen LogP contribution in [0.25, 0.3) is 0 Å². The van der Waals surface area contributed by atoms with Crippen molar-refractivity contribution in [3.05, 3.63) is 69.7 Å². The summed E-state index contributed by atoms with van der Waals surface area (Å²) in [6, 6.07) is 13.5. The van der Waals surface area contributed by atoms with Crippen molar-refractivity contribution in [1.82, 2.24) is 15.5 Å². The van der Waals surface area contributed by atoms with Gasteiger partial charge in [-0.15, -0.1) is 0 Å². The molecule has 4 aliphatic rings. The zero-order valence-corrected chi connectivity index (χ0v) is 30.6. The quantitative estimate of drug-likeness (QED) is 0.194. The molecule has 1 spiro atoms. The van der Waals surface area contributed by atoms with Crippen molar-refractivity contribution < 1.29 is 24.2 Å². The van der Waals surface area contributed by atoms with Gasteiger partial charge in [0.2, 0.25) is 11.8 Å². The third-order valence-electron chi connectivity index (χ3n) is 11.8. The Morgan fingerprint density at radius 1 is 0.920 bits per heavy atom. The van der Waals surface area contributed by atoms with Crippen LogP contribution in [0.3, 0.4) is 0 Å². The number of benzene rings is 2. The number of hydrogen-bond donors (Lipinski definition) is 3. The first-order chi connectivity index (χ1) is 24.2. The molecule has 0 aromatic heterocycles. The fourth-order valence-electron chi connectivity index (χ4n) is 9.38. The first kappa shape index (κ1) is 37.0. The predicted molar refractivity (Wildman–Crippen MR) is 196 cm³/mol. The molecule has 0 radical (unpaired) electrons. The Labute approximate surface area is 307 Å². The average Bonchev–Trinajstić information content (AvgIpc) is 3.83. The van der Waals surface area contributed by atoms with Gasteiger partial charge in [0.05, 0.1) is 12.6 Å². The van der Waals surface area contributed by atoms with E-state index in [-0.39, 0.29) is 48.4 Å². The molecule has 3 N–H and O–H groups in total.